The van der Waals surface area contributed by atoms with E-state index in [1.165, 1.54) is 11.1 Å². The third-order valence-electron chi connectivity index (χ3n) is 7.15. The zero-order valence-electron chi connectivity index (χ0n) is 14.1. The molecule has 1 saturated heterocycles. The van der Waals surface area contributed by atoms with Crippen LogP contribution in [0.4, 0.5) is 0 Å². The summed E-state index contributed by atoms with van der Waals surface area (Å²) in [6.07, 6.45) is 3.54. The van der Waals surface area contributed by atoms with E-state index in [1.807, 2.05) is 6.07 Å². The van der Waals surface area contributed by atoms with E-state index in [2.05, 4.69) is 20.2 Å². The van der Waals surface area contributed by atoms with Crippen molar-refractivity contribution in [3.63, 3.8) is 0 Å². The summed E-state index contributed by atoms with van der Waals surface area (Å²) in [5.41, 5.74) is 2.60. The molecular formula is C19H24NO3+. The Hall–Kier alpha value is -1.55. The van der Waals surface area contributed by atoms with Crippen LogP contribution in [0.1, 0.15) is 30.4 Å². The molecule has 1 unspecified atom stereocenters. The molecule has 23 heavy (non-hydrogen) atoms. The SMILES string of the molecule is COc1ccc2c3c1OC1C(=O)CC[C@@H]4[C@@H](C2)[N+](C)(C)CC[C@]314. The molecule has 0 amide bonds. The Balaban J connectivity index is 1.81. The summed E-state index contributed by atoms with van der Waals surface area (Å²) in [6, 6.07) is 4.82. The van der Waals surface area contributed by atoms with Crippen LogP contribution in [-0.2, 0) is 16.6 Å². The fourth-order valence-corrected chi connectivity index (χ4v) is 6.05. The number of ether oxygens (including phenoxy) is 2. The van der Waals surface area contributed by atoms with Crippen LogP contribution in [0.15, 0.2) is 12.1 Å². The number of likely N-dealkylation sites (tertiary alicyclic amines) is 1. The molecule has 1 aromatic carbocycles. The number of quaternary nitrogens is 1. The molecule has 2 heterocycles. The number of piperidine rings is 1. The van der Waals surface area contributed by atoms with Gasteiger partial charge in [-0.3, -0.25) is 4.79 Å². The predicted octanol–water partition coefficient (Wildman–Crippen LogP) is 2.08. The number of hydrogen-bond donors (Lipinski definition) is 0. The van der Waals surface area contributed by atoms with Crippen molar-refractivity contribution in [2.45, 2.75) is 43.2 Å². The molecule has 0 radical (unpaired) electrons. The number of Topliss-reactive ketones (excluding diaryl/α,β-unsaturated/α-hetero) is 1. The molecule has 2 fully saturated rings. The zero-order chi connectivity index (χ0) is 16.0. The molecule has 1 saturated carbocycles. The quantitative estimate of drug-likeness (QED) is 0.745. The Labute approximate surface area is 137 Å². The number of ketones is 1. The molecule has 2 aliphatic carbocycles. The molecular weight excluding hydrogens is 290 g/mol. The van der Waals surface area contributed by atoms with Crippen molar-refractivity contribution in [3.8, 4) is 11.5 Å². The summed E-state index contributed by atoms with van der Waals surface area (Å²) in [5, 5.41) is 0. The largest absolute Gasteiger partial charge is 0.493 e. The monoisotopic (exact) mass is 314 g/mol. The molecule has 0 aromatic heterocycles. The average Bonchev–Trinajstić information content (AvgIpc) is 2.88. The first-order valence-electron chi connectivity index (χ1n) is 8.71. The maximum Gasteiger partial charge on any atom is 0.174 e. The lowest BCUT2D eigenvalue weighted by Crippen LogP contribution is -2.70. The van der Waals surface area contributed by atoms with Crippen LogP contribution >= 0.6 is 0 Å². The van der Waals surface area contributed by atoms with Gasteiger partial charge in [-0.2, -0.15) is 0 Å². The lowest BCUT2D eigenvalue weighted by molar-refractivity contribution is -0.927. The van der Waals surface area contributed by atoms with Crippen LogP contribution in [0, 0.1) is 5.92 Å². The zero-order valence-corrected chi connectivity index (χ0v) is 14.1. The molecule has 0 N–H and O–H groups in total. The van der Waals surface area contributed by atoms with Gasteiger partial charge in [0.1, 0.15) is 0 Å². The molecule has 2 bridgehead atoms. The summed E-state index contributed by atoms with van der Waals surface area (Å²) in [4.78, 5) is 12.7. The van der Waals surface area contributed by atoms with Gasteiger partial charge in [-0.15, -0.1) is 0 Å². The maximum absolute atomic E-state index is 12.7. The summed E-state index contributed by atoms with van der Waals surface area (Å²) >= 11 is 0. The number of rotatable bonds is 1. The van der Waals surface area contributed by atoms with Crippen molar-refractivity contribution >= 4 is 5.78 Å². The third-order valence-corrected chi connectivity index (χ3v) is 7.15. The predicted molar refractivity (Wildman–Crippen MR) is 85.9 cm³/mol. The van der Waals surface area contributed by atoms with Gasteiger partial charge >= 0.3 is 0 Å². The van der Waals surface area contributed by atoms with Crippen molar-refractivity contribution in [2.75, 3.05) is 27.7 Å². The van der Waals surface area contributed by atoms with E-state index >= 15 is 0 Å². The van der Waals surface area contributed by atoms with Crippen LogP contribution in [0.5, 0.6) is 11.5 Å². The number of methoxy groups -OCH3 is 1. The number of carbonyl (C=O) groups excluding carboxylic acids is 1. The first-order valence-corrected chi connectivity index (χ1v) is 8.71. The van der Waals surface area contributed by atoms with Crippen molar-refractivity contribution in [2.24, 2.45) is 5.92 Å². The minimum absolute atomic E-state index is 0.0920. The second-order valence-electron chi connectivity index (χ2n) is 8.30. The van der Waals surface area contributed by atoms with Crippen LogP contribution < -0.4 is 9.47 Å². The van der Waals surface area contributed by atoms with E-state index < -0.39 is 0 Å². The Morgan fingerprint density at radius 3 is 2.96 bits per heavy atom. The third kappa shape index (κ3) is 1.44. The fourth-order valence-electron chi connectivity index (χ4n) is 6.05. The Bertz CT molecular complexity index is 726. The number of likely N-dealkylation sites (N-methyl/N-ethyl adjacent to an activating group) is 1. The average molecular weight is 314 g/mol. The first kappa shape index (κ1) is 13.8. The second-order valence-corrected chi connectivity index (χ2v) is 8.30. The van der Waals surface area contributed by atoms with Gasteiger partial charge in [0.05, 0.1) is 39.2 Å². The van der Waals surface area contributed by atoms with Crippen LogP contribution in [0.3, 0.4) is 0 Å². The van der Waals surface area contributed by atoms with Gasteiger partial charge in [0.2, 0.25) is 0 Å². The summed E-state index contributed by atoms with van der Waals surface area (Å²) in [6.45, 7) is 1.12. The van der Waals surface area contributed by atoms with Gasteiger partial charge in [0.25, 0.3) is 0 Å². The van der Waals surface area contributed by atoms with Crippen LogP contribution in [-0.4, -0.2) is 50.2 Å². The second kappa shape index (κ2) is 4.10. The van der Waals surface area contributed by atoms with E-state index in [-0.39, 0.29) is 11.5 Å². The van der Waals surface area contributed by atoms with Gasteiger partial charge in [-0.05, 0) is 18.1 Å². The Morgan fingerprint density at radius 2 is 2.17 bits per heavy atom. The van der Waals surface area contributed by atoms with Crippen molar-refractivity contribution in [1.82, 2.24) is 0 Å². The lowest BCUT2D eigenvalue weighted by atomic mass is 9.51. The standard InChI is InChI=1S/C19H24NO3/c1-20(2)9-8-19-12-5-6-14(21)18(19)23-17-15(22-3)7-4-11(16(17)19)10-13(12)20/h4,7,12-13,18H,5-6,8-10H2,1-3H3/q+1/t12-,13-,18?,19+/m1/s1. The first-order chi connectivity index (χ1) is 11.0. The summed E-state index contributed by atoms with van der Waals surface area (Å²) in [5.74, 6) is 2.49. The van der Waals surface area contributed by atoms with Crippen molar-refractivity contribution < 1.29 is 18.8 Å². The molecule has 4 nitrogen and oxygen atoms in total. The Kier molecular flexibility index (Phi) is 2.47. The highest BCUT2D eigenvalue weighted by Crippen LogP contribution is 2.63. The minimum Gasteiger partial charge on any atom is -0.493 e. The number of hydrogen-bond acceptors (Lipinski definition) is 3. The summed E-state index contributed by atoms with van der Waals surface area (Å²) < 4.78 is 12.9. The number of nitrogens with zero attached hydrogens (tertiary/aromatic N) is 1. The molecule has 4 aliphatic rings. The Morgan fingerprint density at radius 1 is 1.35 bits per heavy atom. The molecule has 2 aliphatic heterocycles. The highest BCUT2D eigenvalue weighted by Gasteiger charge is 2.68. The molecule has 5 rings (SSSR count). The smallest absolute Gasteiger partial charge is 0.174 e. The van der Waals surface area contributed by atoms with E-state index in [0.717, 1.165) is 41.8 Å². The van der Waals surface area contributed by atoms with Gasteiger partial charge in [-0.25, -0.2) is 0 Å². The molecule has 1 aromatic rings. The van der Waals surface area contributed by atoms with E-state index in [1.54, 1.807) is 7.11 Å². The molecule has 4 heteroatoms. The maximum atomic E-state index is 12.7. The van der Waals surface area contributed by atoms with E-state index in [9.17, 15) is 4.79 Å². The molecule has 122 valence electrons. The van der Waals surface area contributed by atoms with Crippen LogP contribution in [0.25, 0.3) is 0 Å². The van der Waals surface area contributed by atoms with E-state index in [4.69, 9.17) is 9.47 Å². The molecule has 4 atom stereocenters. The highest BCUT2D eigenvalue weighted by molar-refractivity contribution is 5.89. The number of benzene rings is 1. The highest BCUT2D eigenvalue weighted by atomic mass is 16.5. The number of carbonyl (C=O) groups is 1. The van der Waals surface area contributed by atoms with Crippen LogP contribution in [0.2, 0.25) is 0 Å². The fraction of sp³-hybridized carbons (Fsp3) is 0.632. The van der Waals surface area contributed by atoms with Gasteiger partial charge in [0, 0.05) is 30.7 Å². The van der Waals surface area contributed by atoms with Crippen molar-refractivity contribution in [3.05, 3.63) is 23.3 Å². The molecule has 1 spiro atoms. The summed E-state index contributed by atoms with van der Waals surface area (Å²) in [7, 11) is 6.40. The minimum atomic E-state index is -0.283. The van der Waals surface area contributed by atoms with Crippen molar-refractivity contribution in [1.29, 1.82) is 0 Å². The normalized spacial score (nSPS) is 38.7. The lowest BCUT2D eigenvalue weighted by Gasteiger charge is -2.59. The topological polar surface area (TPSA) is 35.5 Å². The van der Waals surface area contributed by atoms with Gasteiger partial charge in [0.15, 0.2) is 23.4 Å². The van der Waals surface area contributed by atoms with Gasteiger partial charge in [-0.1, -0.05) is 6.07 Å². The van der Waals surface area contributed by atoms with E-state index in [0.29, 0.717) is 24.2 Å². The van der Waals surface area contributed by atoms with Gasteiger partial charge < -0.3 is 14.0 Å².